The number of benzene rings is 2. The van der Waals surface area contributed by atoms with Gasteiger partial charge in [0.25, 0.3) is 5.91 Å². The second kappa shape index (κ2) is 10.8. The summed E-state index contributed by atoms with van der Waals surface area (Å²) in [5.74, 6) is -0.0290. The number of amides is 1. The molecule has 2 aromatic carbocycles. The van der Waals surface area contributed by atoms with Gasteiger partial charge < -0.3 is 24.3 Å². The van der Waals surface area contributed by atoms with Crippen molar-refractivity contribution in [3.63, 3.8) is 0 Å². The molecule has 1 N–H and O–H groups in total. The van der Waals surface area contributed by atoms with Crippen molar-refractivity contribution < 1.29 is 28.5 Å². The number of nitrogens with one attached hydrogen (secondary N) is 1. The van der Waals surface area contributed by atoms with Crippen molar-refractivity contribution in [1.82, 2.24) is 0 Å². The molecule has 9 nitrogen and oxygen atoms in total. The van der Waals surface area contributed by atoms with Crippen LogP contribution in [-0.4, -0.2) is 46.2 Å². The molecule has 0 spiro atoms. The Bertz CT molecular complexity index is 1010. The predicted molar refractivity (Wildman–Crippen MR) is 117 cm³/mol. The molecule has 0 heterocycles. The first-order chi connectivity index (χ1) is 14.7. The van der Waals surface area contributed by atoms with Crippen LogP contribution in [0, 0.1) is 0 Å². The van der Waals surface area contributed by atoms with Crippen LogP contribution < -0.4 is 24.3 Å². The number of carbonyl (C=O) groups is 2. The number of halogens is 2. The summed E-state index contributed by atoms with van der Waals surface area (Å²) in [6.45, 7) is 1.22. The molecular weight excluding hydrogens is 449 g/mol. The summed E-state index contributed by atoms with van der Waals surface area (Å²) in [5, 5.41) is 11.1. The van der Waals surface area contributed by atoms with Crippen molar-refractivity contribution in [2.45, 2.75) is 13.0 Å². The number of rotatable bonds is 9. The first-order valence-corrected chi connectivity index (χ1v) is 9.56. The molecule has 0 aromatic heterocycles. The Morgan fingerprint density at radius 3 is 1.87 bits per heavy atom. The summed E-state index contributed by atoms with van der Waals surface area (Å²) >= 11 is 12.1. The normalized spacial score (nSPS) is 11.7. The fraction of sp³-hybridized carbons (Fsp3) is 0.300. The van der Waals surface area contributed by atoms with Crippen molar-refractivity contribution in [1.29, 1.82) is 0 Å². The number of methoxy groups -OCH3 is 4. The Labute approximate surface area is 189 Å². The van der Waals surface area contributed by atoms with E-state index in [0.29, 0.717) is 27.3 Å². The molecule has 1 amide bonds. The third-order valence-electron chi connectivity index (χ3n) is 4.10. The van der Waals surface area contributed by atoms with Crippen LogP contribution in [0.25, 0.3) is 0 Å². The van der Waals surface area contributed by atoms with Crippen molar-refractivity contribution in [2.24, 2.45) is 10.2 Å². The third-order valence-corrected chi connectivity index (χ3v) is 4.69. The Kier molecular flexibility index (Phi) is 8.47. The minimum atomic E-state index is -1.43. The van der Waals surface area contributed by atoms with Gasteiger partial charge >= 0.3 is 0 Å². The van der Waals surface area contributed by atoms with Gasteiger partial charge in [0.15, 0.2) is 5.78 Å². The van der Waals surface area contributed by atoms with Gasteiger partial charge in [0.1, 0.15) is 28.7 Å². The van der Waals surface area contributed by atoms with E-state index in [4.69, 9.17) is 42.1 Å². The molecule has 31 heavy (non-hydrogen) atoms. The van der Waals surface area contributed by atoms with Crippen molar-refractivity contribution in [2.75, 3.05) is 33.8 Å². The maximum absolute atomic E-state index is 12.8. The van der Waals surface area contributed by atoms with Gasteiger partial charge in [0, 0.05) is 24.3 Å². The summed E-state index contributed by atoms with van der Waals surface area (Å²) in [5.41, 5.74) is 0.481. The molecule has 0 aliphatic heterocycles. The molecule has 0 aliphatic rings. The van der Waals surface area contributed by atoms with Crippen LogP contribution in [0.1, 0.15) is 6.92 Å². The maximum atomic E-state index is 12.8. The Morgan fingerprint density at radius 1 is 0.839 bits per heavy atom. The lowest BCUT2D eigenvalue weighted by atomic mass is 10.2. The van der Waals surface area contributed by atoms with E-state index >= 15 is 0 Å². The highest BCUT2D eigenvalue weighted by molar-refractivity contribution is 6.32. The van der Waals surface area contributed by atoms with Crippen molar-refractivity contribution in [3.05, 3.63) is 34.3 Å². The molecule has 0 fully saturated rings. The van der Waals surface area contributed by atoms with Crippen molar-refractivity contribution >= 4 is 46.3 Å². The fourth-order valence-electron chi connectivity index (χ4n) is 2.52. The zero-order valence-electron chi connectivity index (χ0n) is 17.5. The predicted octanol–water partition coefficient (Wildman–Crippen LogP) is 4.71. The first-order valence-electron chi connectivity index (χ1n) is 8.80. The molecular formula is C20H21Cl2N3O6. The monoisotopic (exact) mass is 469 g/mol. The lowest BCUT2D eigenvalue weighted by Gasteiger charge is -2.15. The van der Waals surface area contributed by atoms with Crippen LogP contribution in [0.2, 0.25) is 10.0 Å². The largest absolute Gasteiger partial charge is 0.495 e. The van der Waals surface area contributed by atoms with Gasteiger partial charge in [-0.15, -0.1) is 0 Å². The first kappa shape index (κ1) is 24.2. The molecule has 11 heteroatoms. The number of nitrogens with zero attached hydrogens (tertiary/aromatic N) is 2. The topological polar surface area (TPSA) is 108 Å². The van der Waals surface area contributed by atoms with E-state index in [1.54, 1.807) is 0 Å². The van der Waals surface area contributed by atoms with E-state index in [9.17, 15) is 9.59 Å². The summed E-state index contributed by atoms with van der Waals surface area (Å²) in [4.78, 5) is 24.9. The molecule has 166 valence electrons. The standard InChI is InChI=1S/C20H21Cl2N3O6/c1-10(26)19(25-24-14-9-16(29-3)12(22)7-18(14)31-5)20(27)23-13-8-15(28-2)11(21)6-17(13)30-4/h6-9,19H,1-5H3,(H,23,27). The second-order valence-electron chi connectivity index (χ2n) is 6.06. The zero-order chi connectivity index (χ0) is 23.1. The Hall–Kier alpha value is -3.04. The number of hydrogen-bond donors (Lipinski definition) is 1. The average molecular weight is 470 g/mol. The number of hydrogen-bond acceptors (Lipinski definition) is 8. The quantitative estimate of drug-likeness (QED) is 0.420. The molecule has 2 rings (SSSR count). The number of ether oxygens (including phenoxy) is 4. The molecule has 1 unspecified atom stereocenters. The van der Waals surface area contributed by atoms with Gasteiger partial charge in [-0.05, 0) is 6.92 Å². The fourth-order valence-corrected chi connectivity index (χ4v) is 2.98. The van der Waals surface area contributed by atoms with E-state index in [-0.39, 0.29) is 17.1 Å². The highest BCUT2D eigenvalue weighted by Gasteiger charge is 2.25. The number of ketones is 1. The van der Waals surface area contributed by atoms with Crippen LogP contribution in [0.4, 0.5) is 11.4 Å². The summed E-state index contributed by atoms with van der Waals surface area (Å²) in [6.07, 6.45) is 0. The third kappa shape index (κ3) is 5.77. The van der Waals surface area contributed by atoms with E-state index in [1.807, 2.05) is 0 Å². The van der Waals surface area contributed by atoms with Crippen LogP contribution in [0.3, 0.4) is 0 Å². The van der Waals surface area contributed by atoms with E-state index in [1.165, 1.54) is 59.6 Å². The van der Waals surface area contributed by atoms with Crippen LogP contribution in [0.5, 0.6) is 23.0 Å². The minimum absolute atomic E-state index is 0.230. The van der Waals surface area contributed by atoms with Crippen LogP contribution >= 0.6 is 23.2 Å². The Morgan fingerprint density at radius 2 is 1.35 bits per heavy atom. The number of anilines is 1. The van der Waals surface area contributed by atoms with E-state index < -0.39 is 17.7 Å². The molecule has 0 saturated carbocycles. The molecule has 0 saturated heterocycles. The van der Waals surface area contributed by atoms with E-state index in [0.717, 1.165) is 0 Å². The number of azo groups is 1. The average Bonchev–Trinajstić information content (AvgIpc) is 2.74. The zero-order valence-corrected chi connectivity index (χ0v) is 19.0. The van der Waals surface area contributed by atoms with Crippen LogP contribution in [-0.2, 0) is 9.59 Å². The Balaban J connectivity index is 2.36. The highest BCUT2D eigenvalue weighted by Crippen LogP contribution is 2.38. The molecule has 0 bridgehead atoms. The minimum Gasteiger partial charge on any atom is -0.495 e. The molecule has 2 aromatic rings. The summed E-state index contributed by atoms with van der Waals surface area (Å²) < 4.78 is 20.7. The maximum Gasteiger partial charge on any atom is 0.258 e. The number of Topliss-reactive ketones (excluding diaryl/α,β-unsaturated/α-hetero) is 1. The van der Waals surface area contributed by atoms with Gasteiger partial charge in [-0.25, -0.2) is 0 Å². The van der Waals surface area contributed by atoms with Gasteiger partial charge in [0.2, 0.25) is 6.04 Å². The molecule has 1 atom stereocenters. The van der Waals surface area contributed by atoms with E-state index in [2.05, 4.69) is 15.5 Å². The van der Waals surface area contributed by atoms with Gasteiger partial charge in [-0.3, -0.25) is 9.59 Å². The summed E-state index contributed by atoms with van der Waals surface area (Å²) in [7, 11) is 5.70. The highest BCUT2D eigenvalue weighted by atomic mass is 35.5. The molecule has 0 radical (unpaired) electrons. The summed E-state index contributed by atoms with van der Waals surface area (Å²) in [6, 6.07) is 4.48. The molecule has 0 aliphatic carbocycles. The van der Waals surface area contributed by atoms with Gasteiger partial charge in [0.05, 0.1) is 44.2 Å². The van der Waals surface area contributed by atoms with Crippen molar-refractivity contribution in [3.8, 4) is 23.0 Å². The SMILES string of the molecule is COc1cc(N=NC(C(C)=O)C(=O)Nc2cc(OC)c(Cl)cc2OC)c(OC)cc1Cl. The van der Waals surface area contributed by atoms with Gasteiger partial charge in [-0.1, -0.05) is 23.2 Å². The lowest BCUT2D eigenvalue weighted by molar-refractivity contribution is -0.126. The lowest BCUT2D eigenvalue weighted by Crippen LogP contribution is -2.32. The second-order valence-corrected chi connectivity index (χ2v) is 6.88. The van der Waals surface area contributed by atoms with Gasteiger partial charge in [-0.2, -0.15) is 10.2 Å². The number of carbonyl (C=O) groups excluding carboxylic acids is 2. The smallest absolute Gasteiger partial charge is 0.258 e. The van der Waals surface area contributed by atoms with Crippen LogP contribution in [0.15, 0.2) is 34.5 Å².